The lowest BCUT2D eigenvalue weighted by Crippen LogP contribution is -2.52. The van der Waals surface area contributed by atoms with Crippen LogP contribution in [0.4, 0.5) is 25.8 Å². The summed E-state index contributed by atoms with van der Waals surface area (Å²) in [6.07, 6.45) is 7.98. The van der Waals surface area contributed by atoms with Crippen LogP contribution in [0.2, 0.25) is 0 Å². The summed E-state index contributed by atoms with van der Waals surface area (Å²) in [5.74, 6) is -2.77. The summed E-state index contributed by atoms with van der Waals surface area (Å²) in [7, 11) is 3.63. The molecule has 0 saturated carbocycles. The number of carbonyl (C=O) groups is 1. The van der Waals surface area contributed by atoms with E-state index < -0.39 is 24.5 Å². The van der Waals surface area contributed by atoms with E-state index in [4.69, 9.17) is 14.2 Å². The number of fused-ring (bicyclic) bond motifs is 2. The monoisotopic (exact) mass is 738 g/mol. The van der Waals surface area contributed by atoms with Gasteiger partial charge in [-0.1, -0.05) is 6.08 Å². The lowest BCUT2D eigenvalue weighted by molar-refractivity contribution is -0.134. The predicted octanol–water partition coefficient (Wildman–Crippen LogP) is 6.09. The van der Waals surface area contributed by atoms with Gasteiger partial charge in [-0.05, 0) is 71.1 Å². The van der Waals surface area contributed by atoms with E-state index >= 15 is 8.78 Å². The summed E-state index contributed by atoms with van der Waals surface area (Å²) in [6.45, 7) is 4.61. The van der Waals surface area contributed by atoms with Crippen molar-refractivity contribution < 1.29 is 27.8 Å². The molecule has 280 valence electrons. The molecule has 0 radical (unpaired) electrons. The number of nitrogens with one attached hydrogen (secondary N) is 2. The number of hydrogen-bond donors (Lipinski definition) is 2. The van der Waals surface area contributed by atoms with Gasteiger partial charge in [-0.15, -0.1) is 0 Å². The van der Waals surface area contributed by atoms with Gasteiger partial charge in [-0.3, -0.25) is 14.7 Å². The molecular formula is C38H40F2N10O4. The molecular weight excluding hydrogens is 698 g/mol. The lowest BCUT2D eigenvalue weighted by atomic mass is 10.0. The molecule has 2 aromatic carbocycles. The molecule has 14 nitrogen and oxygen atoms in total. The van der Waals surface area contributed by atoms with Crippen molar-refractivity contribution in [3.05, 3.63) is 72.5 Å². The number of likely N-dealkylation sites (tertiary alicyclic amines) is 2. The molecule has 0 spiro atoms. The van der Waals surface area contributed by atoms with Gasteiger partial charge in [0.15, 0.2) is 17.5 Å². The Bertz CT molecular complexity index is 2270. The first-order chi connectivity index (χ1) is 26.0. The van der Waals surface area contributed by atoms with Gasteiger partial charge in [0, 0.05) is 49.1 Å². The van der Waals surface area contributed by atoms with Crippen molar-refractivity contribution in [2.24, 2.45) is 0 Å². The number of pyridine rings is 1. The van der Waals surface area contributed by atoms with Crippen molar-refractivity contribution >= 4 is 39.5 Å². The van der Waals surface area contributed by atoms with Crippen LogP contribution in [0.1, 0.15) is 37.3 Å². The number of hydrogen-bond acceptors (Lipinski definition) is 12. The maximum absolute atomic E-state index is 15.7. The molecule has 2 unspecified atom stereocenters. The number of likely N-dealkylation sites (N-methyl/N-ethyl adjacent to an activating group) is 1. The minimum absolute atomic E-state index is 0.0127. The molecule has 16 heteroatoms. The average Bonchev–Trinajstić information content (AvgIpc) is 3.78. The molecule has 2 aliphatic heterocycles. The molecule has 7 rings (SSSR count). The van der Waals surface area contributed by atoms with Gasteiger partial charge in [-0.25, -0.2) is 23.3 Å². The van der Waals surface area contributed by atoms with Gasteiger partial charge < -0.3 is 29.7 Å². The Balaban J connectivity index is 1.31. The summed E-state index contributed by atoms with van der Waals surface area (Å²) >= 11 is 0. The van der Waals surface area contributed by atoms with Crippen molar-refractivity contribution in [3.63, 3.8) is 0 Å². The normalized spacial score (nSPS) is 18.9. The number of piperidine rings is 1. The van der Waals surface area contributed by atoms with Crippen molar-refractivity contribution in [3.8, 4) is 29.2 Å². The topological polar surface area (TPSA) is 155 Å². The molecule has 3 aromatic heterocycles. The number of carbonyl (C=O) groups excluding carboxylic acids is 1. The van der Waals surface area contributed by atoms with Gasteiger partial charge in [0.1, 0.15) is 35.9 Å². The SMILES string of the molecule is CCOc1cc2ncc(C#N)c(Nc3ccc(Oc4cc5ncnn5cn4)c(C)c3)c2c(OC2CCN(C)CC2(F)F)c1NC(=O)/C=C/C1CCCN1C. The second-order valence-electron chi connectivity index (χ2n) is 13.5. The van der Waals surface area contributed by atoms with Gasteiger partial charge >= 0.3 is 0 Å². The Kier molecular flexibility index (Phi) is 10.3. The van der Waals surface area contributed by atoms with Gasteiger partial charge in [0.25, 0.3) is 5.92 Å². The van der Waals surface area contributed by atoms with E-state index in [1.165, 1.54) is 29.4 Å². The summed E-state index contributed by atoms with van der Waals surface area (Å²) in [4.78, 5) is 30.2. The first kappa shape index (κ1) is 36.4. The number of ether oxygens (including phenoxy) is 3. The third kappa shape index (κ3) is 7.59. The van der Waals surface area contributed by atoms with Crippen LogP contribution in [0, 0.1) is 18.3 Å². The van der Waals surface area contributed by atoms with Crippen LogP contribution in [-0.2, 0) is 4.79 Å². The summed E-state index contributed by atoms with van der Waals surface area (Å²) in [5, 5.41) is 20.8. The molecule has 0 bridgehead atoms. The maximum atomic E-state index is 15.7. The maximum Gasteiger partial charge on any atom is 0.296 e. The van der Waals surface area contributed by atoms with Gasteiger partial charge in [0.2, 0.25) is 11.8 Å². The highest BCUT2D eigenvalue weighted by molar-refractivity contribution is 6.09. The fourth-order valence-corrected chi connectivity index (χ4v) is 6.80. The van der Waals surface area contributed by atoms with Crippen LogP contribution >= 0.6 is 0 Å². The molecule has 2 saturated heterocycles. The highest BCUT2D eigenvalue weighted by atomic mass is 19.3. The number of aromatic nitrogens is 5. The van der Waals surface area contributed by atoms with Crippen molar-refractivity contribution in [2.75, 3.05) is 51.0 Å². The van der Waals surface area contributed by atoms with E-state index in [0.29, 0.717) is 35.0 Å². The molecule has 5 aromatic rings. The number of halogens is 2. The molecule has 5 heterocycles. The summed E-state index contributed by atoms with van der Waals surface area (Å²) < 4.78 is 51.2. The smallest absolute Gasteiger partial charge is 0.296 e. The first-order valence-electron chi connectivity index (χ1n) is 17.7. The van der Waals surface area contributed by atoms with E-state index in [1.54, 1.807) is 43.1 Å². The van der Waals surface area contributed by atoms with Gasteiger partial charge in [0.05, 0.1) is 35.3 Å². The molecule has 2 fully saturated rings. The van der Waals surface area contributed by atoms with Crippen LogP contribution < -0.4 is 24.8 Å². The first-order valence-corrected chi connectivity index (χ1v) is 17.7. The van der Waals surface area contributed by atoms with E-state index in [2.05, 4.69) is 41.7 Å². The van der Waals surface area contributed by atoms with Crippen LogP contribution in [0.25, 0.3) is 16.6 Å². The van der Waals surface area contributed by atoms with E-state index in [-0.39, 0.29) is 52.9 Å². The number of nitrogens with zero attached hydrogens (tertiary/aromatic N) is 8. The Morgan fingerprint density at radius 2 is 1.96 bits per heavy atom. The van der Waals surface area contributed by atoms with Crippen LogP contribution in [0.15, 0.2) is 61.3 Å². The van der Waals surface area contributed by atoms with Crippen molar-refractivity contribution in [2.45, 2.75) is 51.2 Å². The largest absolute Gasteiger partial charge is 0.491 e. The number of alkyl halides is 2. The fraction of sp³-hybridized carbons (Fsp3) is 0.368. The Hall–Kier alpha value is -5.92. The van der Waals surface area contributed by atoms with E-state index in [9.17, 15) is 10.1 Å². The Morgan fingerprint density at radius 1 is 1.11 bits per heavy atom. The van der Waals surface area contributed by atoms with Crippen LogP contribution in [-0.4, -0.2) is 98.7 Å². The average molecular weight is 739 g/mol. The lowest BCUT2D eigenvalue weighted by Gasteiger charge is -2.37. The van der Waals surface area contributed by atoms with E-state index in [1.807, 2.05) is 26.1 Å². The second kappa shape index (κ2) is 15.2. The van der Waals surface area contributed by atoms with Crippen molar-refractivity contribution in [1.82, 2.24) is 34.4 Å². The standard InChI is InChI=1S/C38H40F2N10O4/c1-5-52-29-16-27-34(37(54-30-12-14-48(3)20-38(30,39)40)36(29)47-32(51)11-9-26-7-6-13-49(26)4)35(24(18-41)19-42-27)46-25-8-10-28(23(2)15-25)53-33-17-31-43-21-45-50(31)22-44-33/h8-11,15-17,19,21-22,26,30H,5-7,12-14,20H2,1-4H3,(H,42,46)(H,47,51)/b11-9+. The number of nitriles is 1. The van der Waals surface area contributed by atoms with E-state index in [0.717, 1.165) is 24.9 Å². The third-order valence-corrected chi connectivity index (χ3v) is 9.58. The number of anilines is 3. The summed E-state index contributed by atoms with van der Waals surface area (Å²) in [5.41, 5.74) is 2.60. The number of aryl methyl sites for hydroxylation is 1. The molecule has 0 aliphatic carbocycles. The minimum atomic E-state index is -3.23. The summed E-state index contributed by atoms with van der Waals surface area (Å²) in [6, 6.07) is 10.8. The Labute approximate surface area is 310 Å². The molecule has 54 heavy (non-hydrogen) atoms. The third-order valence-electron chi connectivity index (χ3n) is 9.58. The number of rotatable bonds is 11. The highest BCUT2D eigenvalue weighted by Crippen LogP contribution is 2.48. The number of benzene rings is 2. The second-order valence-corrected chi connectivity index (χ2v) is 13.5. The van der Waals surface area contributed by atoms with Crippen LogP contribution in [0.3, 0.4) is 0 Å². The van der Waals surface area contributed by atoms with Crippen molar-refractivity contribution in [1.29, 1.82) is 5.26 Å². The Morgan fingerprint density at radius 3 is 2.70 bits per heavy atom. The zero-order chi connectivity index (χ0) is 38.0. The predicted molar refractivity (Wildman–Crippen MR) is 198 cm³/mol. The number of amides is 1. The fourth-order valence-electron chi connectivity index (χ4n) is 6.80. The molecule has 1 amide bonds. The minimum Gasteiger partial charge on any atom is -0.491 e. The van der Waals surface area contributed by atoms with Crippen LogP contribution in [0.5, 0.6) is 23.1 Å². The zero-order valence-corrected chi connectivity index (χ0v) is 30.3. The molecule has 2 atom stereocenters. The zero-order valence-electron chi connectivity index (χ0n) is 30.3. The molecule has 2 N–H and O–H groups in total. The molecule has 2 aliphatic rings. The highest BCUT2D eigenvalue weighted by Gasteiger charge is 2.46. The quantitative estimate of drug-likeness (QED) is 0.151. The van der Waals surface area contributed by atoms with Gasteiger partial charge in [-0.2, -0.15) is 10.4 Å².